The first-order valence-electron chi connectivity index (χ1n) is 7.25. The number of likely N-dealkylation sites (N-methyl/N-ethyl adjacent to an activating group) is 1. The molecular formula is C14H34FN2O2+. The molecule has 4 nitrogen and oxygen atoms in total. The van der Waals surface area contributed by atoms with Crippen molar-refractivity contribution in [3.63, 3.8) is 0 Å². The Balaban J connectivity index is 0. The lowest BCUT2D eigenvalue weighted by Gasteiger charge is -2.13. The molecular weight excluding hydrogens is 247 g/mol. The maximum absolute atomic E-state index is 12.8. The van der Waals surface area contributed by atoms with E-state index < -0.39 is 0 Å². The van der Waals surface area contributed by atoms with Crippen LogP contribution in [0.4, 0.5) is 4.48 Å². The van der Waals surface area contributed by atoms with Crippen LogP contribution in [-0.2, 0) is 4.84 Å². The fourth-order valence-corrected chi connectivity index (χ4v) is 1.03. The Bertz CT molecular complexity index is 179. The van der Waals surface area contributed by atoms with Gasteiger partial charge in [-0.2, -0.15) is 0 Å². The average molecular weight is 281 g/mol. The smallest absolute Gasteiger partial charge is 0.120 e. The third kappa shape index (κ3) is 23.3. The summed E-state index contributed by atoms with van der Waals surface area (Å²) in [6, 6.07) is 0. The number of nitrogens with zero attached hydrogens (tertiary/aromatic N) is 1. The van der Waals surface area contributed by atoms with Crippen LogP contribution in [0.1, 0.15) is 40.5 Å². The number of aliphatic hydroxyl groups is 1. The van der Waals surface area contributed by atoms with Gasteiger partial charge >= 0.3 is 0 Å². The predicted octanol–water partition coefficient (Wildman–Crippen LogP) is 1.32. The molecule has 0 heterocycles. The standard InChI is InChI=1S/C9H21FN2O.C5H12O/c1-9(2)5-6-12(10)13-8-7-11(3)4;1-5(2)3-4-6/h9H,5-8H2,1-4H3;5-6H,3-4H2,1-2H3/p+1. The molecule has 0 saturated heterocycles. The van der Waals surface area contributed by atoms with E-state index in [9.17, 15) is 4.48 Å². The number of halogens is 1. The zero-order valence-corrected chi connectivity index (χ0v) is 13.6. The third-order valence-corrected chi connectivity index (χ3v) is 2.42. The number of rotatable bonds is 9. The molecule has 0 spiro atoms. The molecule has 118 valence electrons. The van der Waals surface area contributed by atoms with Gasteiger partial charge in [-0.15, -0.1) is 4.48 Å². The van der Waals surface area contributed by atoms with Crippen LogP contribution in [0.15, 0.2) is 0 Å². The lowest BCUT2D eigenvalue weighted by molar-refractivity contribution is -0.859. The highest BCUT2D eigenvalue weighted by Gasteiger charge is 2.05. The van der Waals surface area contributed by atoms with E-state index in [4.69, 9.17) is 9.94 Å². The van der Waals surface area contributed by atoms with E-state index >= 15 is 0 Å². The Labute approximate surface area is 118 Å². The molecule has 0 aromatic carbocycles. The Hall–Kier alpha value is -0.230. The summed E-state index contributed by atoms with van der Waals surface area (Å²) in [5.41, 5.74) is 0. The second-order valence-corrected chi connectivity index (χ2v) is 5.92. The second-order valence-electron chi connectivity index (χ2n) is 5.92. The largest absolute Gasteiger partial charge is 0.396 e. The van der Waals surface area contributed by atoms with E-state index in [1.54, 1.807) is 0 Å². The lowest BCUT2D eigenvalue weighted by Crippen LogP contribution is -3.06. The van der Waals surface area contributed by atoms with Gasteiger partial charge in [-0.25, -0.2) is 0 Å². The maximum Gasteiger partial charge on any atom is 0.120 e. The molecule has 0 unspecified atom stereocenters. The molecule has 0 aromatic heterocycles. The van der Waals surface area contributed by atoms with Crippen LogP contribution in [0.25, 0.3) is 0 Å². The van der Waals surface area contributed by atoms with Crippen LogP contribution in [0, 0.1) is 11.8 Å². The first-order valence-corrected chi connectivity index (χ1v) is 7.25. The monoisotopic (exact) mass is 281 g/mol. The molecule has 5 heteroatoms. The summed E-state index contributed by atoms with van der Waals surface area (Å²) in [6.07, 6.45) is 1.76. The molecule has 0 aromatic rings. The van der Waals surface area contributed by atoms with Crippen LogP contribution in [-0.4, -0.2) is 50.8 Å². The Morgan fingerprint density at radius 1 is 1.11 bits per heavy atom. The van der Waals surface area contributed by atoms with E-state index in [0.29, 0.717) is 36.9 Å². The molecule has 0 amide bonds. The number of aliphatic hydroxyl groups excluding tert-OH is 1. The minimum atomic E-state index is 0.331. The van der Waals surface area contributed by atoms with Gasteiger partial charge in [0.1, 0.15) is 13.2 Å². The summed E-state index contributed by atoms with van der Waals surface area (Å²) in [6.45, 7) is 10.3. The first-order chi connectivity index (χ1) is 8.79. The van der Waals surface area contributed by atoms with Gasteiger partial charge in [0.15, 0.2) is 0 Å². The summed E-state index contributed by atoms with van der Waals surface area (Å²) in [5.74, 6) is 1.16. The lowest BCUT2D eigenvalue weighted by atomic mass is 10.1. The summed E-state index contributed by atoms with van der Waals surface area (Å²) in [5, 5.41) is 8.68. The van der Waals surface area contributed by atoms with E-state index in [0.717, 1.165) is 19.4 Å². The molecule has 0 atom stereocenters. The van der Waals surface area contributed by atoms with Crippen molar-refractivity contribution >= 4 is 0 Å². The topological polar surface area (TPSA) is 37.1 Å². The van der Waals surface area contributed by atoms with E-state index in [2.05, 4.69) is 27.7 Å². The van der Waals surface area contributed by atoms with Gasteiger partial charge in [0.2, 0.25) is 0 Å². The van der Waals surface area contributed by atoms with Crippen molar-refractivity contribution in [2.45, 2.75) is 40.5 Å². The molecule has 0 aliphatic rings. The van der Waals surface area contributed by atoms with Crippen molar-refractivity contribution in [3.8, 4) is 0 Å². The summed E-state index contributed by atoms with van der Waals surface area (Å²) < 4.78 is 12.8. The fraction of sp³-hybridized carbons (Fsp3) is 1.00. The molecule has 0 aliphatic carbocycles. The number of hydrogen-bond acceptors (Lipinski definition) is 3. The van der Waals surface area contributed by atoms with Crippen LogP contribution < -0.4 is 4.90 Å². The maximum atomic E-state index is 12.8. The molecule has 0 fully saturated rings. The number of quaternary nitrogens is 1. The molecule has 0 radical (unpaired) electrons. The molecule has 0 rings (SSSR count). The molecule has 0 saturated carbocycles. The van der Waals surface area contributed by atoms with Gasteiger partial charge in [0.05, 0.1) is 20.6 Å². The minimum Gasteiger partial charge on any atom is -0.396 e. The van der Waals surface area contributed by atoms with Crippen molar-refractivity contribution in [3.05, 3.63) is 0 Å². The highest BCUT2D eigenvalue weighted by molar-refractivity contribution is 4.43. The minimum absolute atomic E-state index is 0.331. The van der Waals surface area contributed by atoms with Gasteiger partial charge < -0.3 is 10.0 Å². The van der Waals surface area contributed by atoms with Crippen molar-refractivity contribution in [2.24, 2.45) is 11.8 Å². The summed E-state index contributed by atoms with van der Waals surface area (Å²) in [7, 11) is 4.03. The predicted molar refractivity (Wildman–Crippen MR) is 77.4 cm³/mol. The molecule has 2 N–H and O–H groups in total. The Morgan fingerprint density at radius 2 is 1.63 bits per heavy atom. The van der Waals surface area contributed by atoms with Gasteiger partial charge in [-0.3, -0.25) is 4.84 Å². The third-order valence-electron chi connectivity index (χ3n) is 2.42. The van der Waals surface area contributed by atoms with E-state index in [-0.39, 0.29) is 0 Å². The number of hydrogen-bond donors (Lipinski definition) is 2. The zero-order chi connectivity index (χ0) is 15.3. The van der Waals surface area contributed by atoms with Crippen LogP contribution >= 0.6 is 0 Å². The normalized spacial score (nSPS) is 11.4. The van der Waals surface area contributed by atoms with Crippen molar-refractivity contribution in [1.29, 1.82) is 0 Å². The fourth-order valence-electron chi connectivity index (χ4n) is 1.03. The van der Waals surface area contributed by atoms with Crippen molar-refractivity contribution in [2.75, 3.05) is 40.4 Å². The average Bonchev–Trinajstić information content (AvgIpc) is 2.26. The molecule has 0 bridgehead atoms. The second kappa shape index (κ2) is 14.2. The highest BCUT2D eigenvalue weighted by Crippen LogP contribution is 2.02. The summed E-state index contributed by atoms with van der Waals surface area (Å²) >= 11 is 0. The van der Waals surface area contributed by atoms with Crippen LogP contribution in [0.3, 0.4) is 0 Å². The van der Waals surface area contributed by atoms with Crippen LogP contribution in [0.2, 0.25) is 0 Å². The Morgan fingerprint density at radius 3 is 1.95 bits per heavy atom. The van der Waals surface area contributed by atoms with Gasteiger partial charge in [-0.05, 0) is 30.0 Å². The van der Waals surface area contributed by atoms with Crippen molar-refractivity contribution in [1.82, 2.24) is 5.29 Å². The number of nitrogens with one attached hydrogen (secondary N) is 1. The van der Waals surface area contributed by atoms with E-state index in [1.807, 2.05) is 14.1 Å². The highest BCUT2D eigenvalue weighted by atomic mass is 19.2. The van der Waals surface area contributed by atoms with Gasteiger partial charge in [0, 0.05) is 6.61 Å². The molecule has 19 heavy (non-hydrogen) atoms. The zero-order valence-electron chi connectivity index (χ0n) is 13.6. The summed E-state index contributed by atoms with van der Waals surface area (Å²) in [4.78, 5) is 6.11. The van der Waals surface area contributed by atoms with Gasteiger partial charge in [0.25, 0.3) is 0 Å². The molecule has 0 aliphatic heterocycles. The van der Waals surface area contributed by atoms with E-state index in [1.165, 1.54) is 4.90 Å². The SMILES string of the molecule is CC(C)CCN(F)OCC[NH+](C)C.CC(C)CCO. The number of hydroxylamine groups is 1. The van der Waals surface area contributed by atoms with Crippen molar-refractivity contribution < 1.29 is 19.3 Å². The van der Waals surface area contributed by atoms with Crippen LogP contribution in [0.5, 0.6) is 0 Å². The quantitative estimate of drug-likeness (QED) is 0.494. The van der Waals surface area contributed by atoms with Gasteiger partial charge in [-0.1, -0.05) is 27.7 Å². The first kappa shape index (κ1) is 21.1. The Kier molecular flexibility index (Phi) is 15.7.